The Balaban J connectivity index is 1.56. The van der Waals surface area contributed by atoms with Gasteiger partial charge in [-0.2, -0.15) is 0 Å². The summed E-state index contributed by atoms with van der Waals surface area (Å²) in [5.41, 5.74) is 2.16. The zero-order valence-electron chi connectivity index (χ0n) is 21.2. The van der Waals surface area contributed by atoms with E-state index in [2.05, 4.69) is 21.8 Å². The van der Waals surface area contributed by atoms with E-state index in [0.717, 1.165) is 5.56 Å². The lowest BCUT2D eigenvalue weighted by molar-refractivity contribution is -0.117. The summed E-state index contributed by atoms with van der Waals surface area (Å²) in [6.45, 7) is 7.48. The zero-order chi connectivity index (χ0) is 27.5. The summed E-state index contributed by atoms with van der Waals surface area (Å²) in [5, 5.41) is 20.7. The molecule has 1 amide bonds. The molecule has 1 atom stereocenters. The van der Waals surface area contributed by atoms with Crippen LogP contribution >= 0.6 is 34.4 Å². The number of para-hydroxylation sites is 1. The van der Waals surface area contributed by atoms with E-state index in [4.69, 9.17) is 4.74 Å². The Bertz CT molecular complexity index is 1580. The summed E-state index contributed by atoms with van der Waals surface area (Å²) >= 11 is 3.95. The van der Waals surface area contributed by atoms with Crippen LogP contribution in [0.1, 0.15) is 37.5 Å². The van der Waals surface area contributed by atoms with Crippen LogP contribution in [0.25, 0.3) is 0 Å². The number of aromatic nitrogens is 3. The first-order chi connectivity index (χ1) is 18.9. The average Bonchev–Trinajstić information content (AvgIpc) is 3.62. The van der Waals surface area contributed by atoms with Crippen molar-refractivity contribution in [1.29, 1.82) is 0 Å². The third-order valence-corrected chi connectivity index (χ3v) is 9.14. The SMILES string of the molecule is C=CCOc1ccccc1C1C(C(=O)c2sc(C)nc2C)=C(O)C(=O)N1c1nnc(SCc2ccccc2)s1. The molecule has 39 heavy (non-hydrogen) atoms. The molecule has 0 saturated heterocycles. The van der Waals surface area contributed by atoms with Crippen molar-refractivity contribution in [3.8, 4) is 5.75 Å². The van der Waals surface area contributed by atoms with Crippen molar-refractivity contribution in [1.82, 2.24) is 15.2 Å². The lowest BCUT2D eigenvalue weighted by atomic mass is 9.94. The van der Waals surface area contributed by atoms with Gasteiger partial charge in [0.2, 0.25) is 10.9 Å². The quantitative estimate of drug-likeness (QED) is 0.102. The first kappa shape index (κ1) is 26.8. The summed E-state index contributed by atoms with van der Waals surface area (Å²) in [5.74, 6) is -0.666. The van der Waals surface area contributed by atoms with Crippen molar-refractivity contribution in [2.45, 2.75) is 30.0 Å². The molecule has 4 aromatic rings. The van der Waals surface area contributed by atoms with Crippen LogP contribution in [0.2, 0.25) is 0 Å². The number of thioether (sulfide) groups is 1. The molecular formula is C28H24N4O4S3. The molecule has 11 heteroatoms. The summed E-state index contributed by atoms with van der Waals surface area (Å²) in [7, 11) is 0. The molecule has 0 bridgehead atoms. The minimum atomic E-state index is -0.979. The Morgan fingerprint density at radius 2 is 1.87 bits per heavy atom. The number of nitrogens with zero attached hydrogens (tertiary/aromatic N) is 4. The van der Waals surface area contributed by atoms with E-state index in [1.54, 1.807) is 44.2 Å². The van der Waals surface area contributed by atoms with Crippen LogP contribution in [0.5, 0.6) is 5.75 Å². The van der Waals surface area contributed by atoms with Crippen LogP contribution in [0.4, 0.5) is 5.13 Å². The predicted molar refractivity (Wildman–Crippen MR) is 154 cm³/mol. The molecule has 2 aromatic heterocycles. The Hall–Kier alpha value is -3.80. The van der Waals surface area contributed by atoms with Crippen LogP contribution in [0.15, 0.2) is 82.9 Å². The second-order valence-electron chi connectivity index (χ2n) is 8.58. The number of Topliss-reactive ketones (excluding diaryl/α,β-unsaturated/α-hetero) is 1. The number of ketones is 1. The topological polar surface area (TPSA) is 106 Å². The van der Waals surface area contributed by atoms with Gasteiger partial charge in [-0.25, -0.2) is 4.98 Å². The van der Waals surface area contributed by atoms with Crippen molar-refractivity contribution in [3.63, 3.8) is 0 Å². The van der Waals surface area contributed by atoms with Crippen molar-refractivity contribution in [2.24, 2.45) is 0 Å². The fourth-order valence-corrected chi connectivity index (χ4v) is 6.95. The predicted octanol–water partition coefficient (Wildman–Crippen LogP) is 6.25. The number of hydrogen-bond donors (Lipinski definition) is 1. The molecule has 0 spiro atoms. The molecule has 1 aliphatic rings. The number of ether oxygens (including phenoxy) is 1. The molecule has 1 N–H and O–H groups in total. The van der Waals surface area contributed by atoms with E-state index in [1.165, 1.54) is 39.3 Å². The average molecular weight is 577 g/mol. The number of hydrogen-bond acceptors (Lipinski definition) is 10. The third kappa shape index (κ3) is 5.38. The highest BCUT2D eigenvalue weighted by Gasteiger charge is 2.47. The monoisotopic (exact) mass is 576 g/mol. The molecule has 1 unspecified atom stereocenters. The number of aryl methyl sites for hydroxylation is 2. The Labute approximate surface area is 237 Å². The molecule has 3 heterocycles. The molecule has 0 saturated carbocycles. The van der Waals surface area contributed by atoms with Crippen LogP contribution in [0.3, 0.4) is 0 Å². The third-order valence-electron chi connectivity index (χ3n) is 5.94. The molecule has 1 aliphatic heterocycles. The molecular weight excluding hydrogens is 553 g/mol. The van der Waals surface area contributed by atoms with Gasteiger partial charge in [-0.3, -0.25) is 14.5 Å². The first-order valence-corrected chi connectivity index (χ1v) is 14.6. The van der Waals surface area contributed by atoms with Crippen LogP contribution in [-0.2, 0) is 10.5 Å². The van der Waals surface area contributed by atoms with E-state index in [-0.39, 0.29) is 17.3 Å². The number of carbonyl (C=O) groups is 2. The first-order valence-electron chi connectivity index (χ1n) is 12.0. The molecule has 0 radical (unpaired) electrons. The van der Waals surface area contributed by atoms with Crippen molar-refractivity contribution < 1.29 is 19.4 Å². The number of rotatable bonds is 10. The Morgan fingerprint density at radius 3 is 2.59 bits per heavy atom. The highest BCUT2D eigenvalue weighted by atomic mass is 32.2. The molecule has 2 aromatic carbocycles. The van der Waals surface area contributed by atoms with Crippen molar-refractivity contribution >= 4 is 51.3 Å². The van der Waals surface area contributed by atoms with Gasteiger partial charge in [0.25, 0.3) is 5.91 Å². The maximum atomic E-state index is 13.9. The van der Waals surface area contributed by atoms with Crippen molar-refractivity contribution in [2.75, 3.05) is 11.5 Å². The number of aliphatic hydroxyl groups excluding tert-OH is 1. The van der Waals surface area contributed by atoms with E-state index in [1.807, 2.05) is 30.3 Å². The van der Waals surface area contributed by atoms with Gasteiger partial charge >= 0.3 is 0 Å². The number of thiazole rings is 1. The standard InChI is InChI=1S/C28H24N4O4S3/c1-4-14-36-20-13-9-8-12-19(20)22-21(23(33)25-16(2)29-17(3)38-25)24(34)26(35)32(22)27-30-31-28(39-27)37-15-18-10-6-5-7-11-18/h4-13,22,34H,1,14-15H2,2-3H3. The van der Waals surface area contributed by atoms with Crippen LogP contribution in [-0.4, -0.2) is 38.6 Å². The van der Waals surface area contributed by atoms with Gasteiger partial charge in [0, 0.05) is 11.3 Å². The smallest absolute Gasteiger partial charge is 0.296 e. The zero-order valence-corrected chi connectivity index (χ0v) is 23.6. The minimum Gasteiger partial charge on any atom is -0.503 e. The number of amides is 1. The van der Waals surface area contributed by atoms with E-state index < -0.39 is 23.5 Å². The summed E-state index contributed by atoms with van der Waals surface area (Å²) < 4.78 is 6.55. The van der Waals surface area contributed by atoms with Crippen molar-refractivity contribution in [3.05, 3.63) is 105 Å². The fourth-order valence-electron chi connectivity index (χ4n) is 4.26. The number of carbonyl (C=O) groups excluding carboxylic acids is 2. The van der Waals surface area contributed by atoms with E-state index >= 15 is 0 Å². The molecule has 5 rings (SSSR count). The summed E-state index contributed by atoms with van der Waals surface area (Å²) in [6.07, 6.45) is 1.61. The van der Waals surface area contributed by atoms with Crippen LogP contribution < -0.4 is 9.64 Å². The second kappa shape index (κ2) is 11.5. The number of benzene rings is 2. The van der Waals surface area contributed by atoms with Gasteiger partial charge in [0.05, 0.1) is 21.2 Å². The Kier molecular flexibility index (Phi) is 7.92. The van der Waals surface area contributed by atoms with Gasteiger partial charge in [-0.05, 0) is 25.5 Å². The van der Waals surface area contributed by atoms with Crippen LogP contribution in [0, 0.1) is 13.8 Å². The molecule has 0 aliphatic carbocycles. The van der Waals surface area contributed by atoms with E-state index in [0.29, 0.717) is 37.0 Å². The normalized spacial score (nSPS) is 15.2. The number of anilines is 1. The second-order valence-corrected chi connectivity index (χ2v) is 12.0. The molecule has 0 fully saturated rings. The number of aliphatic hydroxyl groups is 1. The summed E-state index contributed by atoms with van der Waals surface area (Å²) in [6, 6.07) is 16.1. The summed E-state index contributed by atoms with van der Waals surface area (Å²) in [4.78, 5) is 33.5. The molecule has 198 valence electrons. The highest BCUT2D eigenvalue weighted by molar-refractivity contribution is 8.00. The van der Waals surface area contributed by atoms with Gasteiger partial charge in [0.1, 0.15) is 18.4 Å². The Morgan fingerprint density at radius 1 is 1.13 bits per heavy atom. The van der Waals surface area contributed by atoms with E-state index in [9.17, 15) is 14.7 Å². The van der Waals surface area contributed by atoms with Gasteiger partial charge in [-0.15, -0.1) is 21.5 Å². The lowest BCUT2D eigenvalue weighted by Gasteiger charge is -2.25. The maximum Gasteiger partial charge on any atom is 0.296 e. The van der Waals surface area contributed by atoms with Gasteiger partial charge in [-0.1, -0.05) is 84.3 Å². The van der Waals surface area contributed by atoms with Gasteiger partial charge < -0.3 is 9.84 Å². The lowest BCUT2D eigenvalue weighted by Crippen LogP contribution is -2.31. The maximum absolute atomic E-state index is 13.9. The molecule has 8 nitrogen and oxygen atoms in total. The highest BCUT2D eigenvalue weighted by Crippen LogP contribution is 2.46. The largest absolute Gasteiger partial charge is 0.503 e. The van der Waals surface area contributed by atoms with Gasteiger partial charge in [0.15, 0.2) is 10.1 Å². The fraction of sp³-hybridized carbons (Fsp3) is 0.179. The minimum absolute atomic E-state index is 0.0462.